The van der Waals surface area contributed by atoms with E-state index in [1.165, 1.54) is 0 Å². The second kappa shape index (κ2) is 7.16. The molecular weight excluding hydrogens is 352 g/mol. The molecule has 0 unspecified atom stereocenters. The summed E-state index contributed by atoms with van der Waals surface area (Å²) in [5.74, 6) is 6.97. The Balaban J connectivity index is 1.40. The van der Waals surface area contributed by atoms with Crippen molar-refractivity contribution in [3.63, 3.8) is 0 Å². The van der Waals surface area contributed by atoms with Gasteiger partial charge in [-0.2, -0.15) is 0 Å². The van der Waals surface area contributed by atoms with Gasteiger partial charge in [-0.05, 0) is 57.4 Å². The van der Waals surface area contributed by atoms with Crippen LogP contribution in [-0.2, 0) is 4.74 Å². The smallest absolute Gasteiger partial charge is 0.410 e. The third-order valence-electron chi connectivity index (χ3n) is 4.92. The number of aromatic nitrogens is 2. The minimum absolute atomic E-state index is 0.166. The van der Waals surface area contributed by atoms with Crippen LogP contribution < -0.4 is 4.90 Å². The third kappa shape index (κ3) is 3.94. The Morgan fingerprint density at radius 2 is 1.82 bits per heavy atom. The summed E-state index contributed by atoms with van der Waals surface area (Å²) >= 11 is 0. The molecule has 1 aromatic carbocycles. The third-order valence-corrected chi connectivity index (χ3v) is 4.92. The topological polar surface area (TPSA) is 58.6 Å². The highest BCUT2D eigenvalue weighted by Crippen LogP contribution is 2.34. The van der Waals surface area contributed by atoms with Crippen molar-refractivity contribution in [1.29, 1.82) is 0 Å². The second-order valence-electron chi connectivity index (χ2n) is 8.22. The number of likely N-dealkylation sites (tertiary alicyclic amines) is 1. The molecule has 2 fully saturated rings. The van der Waals surface area contributed by atoms with E-state index in [2.05, 4.69) is 26.9 Å². The molecule has 2 bridgehead atoms. The maximum Gasteiger partial charge on any atom is 0.410 e. The Bertz CT molecular complexity index is 910. The molecule has 0 aliphatic carbocycles. The summed E-state index contributed by atoms with van der Waals surface area (Å²) in [6.07, 6.45) is 0.716. The van der Waals surface area contributed by atoms with Gasteiger partial charge in [-0.3, -0.25) is 0 Å². The summed E-state index contributed by atoms with van der Waals surface area (Å²) < 4.78 is 5.52. The molecule has 6 heteroatoms. The normalized spacial score (nSPS) is 20.7. The Morgan fingerprint density at radius 1 is 1.04 bits per heavy atom. The van der Waals surface area contributed by atoms with Crippen LogP contribution in [0.2, 0.25) is 0 Å². The van der Waals surface area contributed by atoms with Gasteiger partial charge in [0.05, 0.1) is 12.1 Å². The molecule has 0 spiro atoms. The molecule has 4 rings (SSSR count). The average molecular weight is 376 g/mol. The fraction of sp³-hybridized carbons (Fsp3) is 0.409. The number of amides is 1. The van der Waals surface area contributed by atoms with Gasteiger partial charge in [-0.15, -0.1) is 10.2 Å². The summed E-state index contributed by atoms with van der Waals surface area (Å²) in [5.41, 5.74) is 1.13. The number of ether oxygens (including phenoxy) is 1. The van der Waals surface area contributed by atoms with Crippen molar-refractivity contribution in [2.75, 3.05) is 18.0 Å². The molecule has 2 aromatic rings. The van der Waals surface area contributed by atoms with E-state index in [-0.39, 0.29) is 18.2 Å². The van der Waals surface area contributed by atoms with E-state index in [9.17, 15) is 4.79 Å². The van der Waals surface area contributed by atoms with Crippen LogP contribution in [0.4, 0.5) is 10.6 Å². The molecular formula is C22H24N4O2. The number of carbonyl (C=O) groups excluding carboxylic acids is 1. The molecule has 28 heavy (non-hydrogen) atoms. The van der Waals surface area contributed by atoms with Crippen molar-refractivity contribution in [3.8, 4) is 11.8 Å². The highest BCUT2D eigenvalue weighted by atomic mass is 16.6. The van der Waals surface area contributed by atoms with Crippen molar-refractivity contribution in [3.05, 3.63) is 53.7 Å². The van der Waals surface area contributed by atoms with Gasteiger partial charge in [0.25, 0.3) is 0 Å². The SMILES string of the molecule is CC(C)(C)OC(=O)N1C[C@@H]2C[C@H]1CN2c1ccc(C#Cc2ccccc2)nn1. The van der Waals surface area contributed by atoms with Crippen LogP contribution in [0.15, 0.2) is 42.5 Å². The summed E-state index contributed by atoms with van der Waals surface area (Å²) in [4.78, 5) is 16.4. The number of fused-ring (bicyclic) bond motifs is 2. The van der Waals surface area contributed by atoms with Gasteiger partial charge in [0.2, 0.25) is 0 Å². The fourth-order valence-corrected chi connectivity index (χ4v) is 3.69. The molecule has 2 aliphatic rings. The number of anilines is 1. The Morgan fingerprint density at radius 3 is 2.43 bits per heavy atom. The zero-order valence-corrected chi connectivity index (χ0v) is 16.4. The van der Waals surface area contributed by atoms with Crippen molar-refractivity contribution in [1.82, 2.24) is 15.1 Å². The molecule has 3 heterocycles. The number of hydrogen-bond acceptors (Lipinski definition) is 5. The van der Waals surface area contributed by atoms with Crippen LogP contribution in [0.25, 0.3) is 0 Å². The Kier molecular flexibility index (Phi) is 4.68. The van der Waals surface area contributed by atoms with Crippen LogP contribution in [0.5, 0.6) is 0 Å². The van der Waals surface area contributed by atoms with Crippen LogP contribution in [0.1, 0.15) is 38.4 Å². The fourth-order valence-electron chi connectivity index (χ4n) is 3.69. The molecule has 1 aromatic heterocycles. The van der Waals surface area contributed by atoms with E-state index < -0.39 is 5.60 Å². The number of piperazine rings is 1. The zero-order valence-electron chi connectivity index (χ0n) is 16.4. The van der Waals surface area contributed by atoms with Gasteiger partial charge < -0.3 is 14.5 Å². The monoisotopic (exact) mass is 376 g/mol. The quantitative estimate of drug-likeness (QED) is 0.716. The van der Waals surface area contributed by atoms with Crippen LogP contribution in [-0.4, -0.2) is 52.0 Å². The summed E-state index contributed by atoms with van der Waals surface area (Å²) in [7, 11) is 0. The minimum Gasteiger partial charge on any atom is -0.444 e. The number of rotatable bonds is 1. The highest BCUT2D eigenvalue weighted by Gasteiger charge is 2.47. The molecule has 0 N–H and O–H groups in total. The number of nitrogens with zero attached hydrogens (tertiary/aromatic N) is 4. The first-order valence-electron chi connectivity index (χ1n) is 9.56. The van der Waals surface area contributed by atoms with Gasteiger partial charge in [-0.1, -0.05) is 24.1 Å². The van der Waals surface area contributed by atoms with Crippen LogP contribution in [0.3, 0.4) is 0 Å². The second-order valence-corrected chi connectivity index (χ2v) is 8.22. The van der Waals surface area contributed by atoms with Crippen molar-refractivity contribution < 1.29 is 9.53 Å². The molecule has 2 aliphatic heterocycles. The molecule has 2 saturated heterocycles. The van der Waals surface area contributed by atoms with E-state index in [1.54, 1.807) is 0 Å². The van der Waals surface area contributed by atoms with E-state index in [1.807, 2.05) is 68.1 Å². The first-order valence-corrected chi connectivity index (χ1v) is 9.56. The lowest BCUT2D eigenvalue weighted by atomic mass is 10.2. The van der Waals surface area contributed by atoms with Gasteiger partial charge in [0.1, 0.15) is 11.3 Å². The average Bonchev–Trinajstić information content (AvgIpc) is 3.27. The van der Waals surface area contributed by atoms with Crippen molar-refractivity contribution in [2.45, 2.75) is 44.9 Å². The van der Waals surface area contributed by atoms with Crippen molar-refractivity contribution >= 4 is 11.9 Å². The molecule has 0 saturated carbocycles. The zero-order chi connectivity index (χ0) is 19.7. The Hall–Kier alpha value is -3.07. The number of carbonyl (C=O) groups is 1. The minimum atomic E-state index is -0.472. The van der Waals surface area contributed by atoms with Crippen LogP contribution >= 0.6 is 0 Å². The van der Waals surface area contributed by atoms with E-state index in [0.29, 0.717) is 12.2 Å². The Labute approximate surface area is 165 Å². The van der Waals surface area contributed by atoms with Gasteiger partial charge in [0.15, 0.2) is 5.82 Å². The van der Waals surface area contributed by atoms with E-state index in [4.69, 9.17) is 4.74 Å². The summed E-state index contributed by atoms with van der Waals surface area (Å²) in [6, 6.07) is 14.1. The van der Waals surface area contributed by atoms with Gasteiger partial charge >= 0.3 is 6.09 Å². The largest absolute Gasteiger partial charge is 0.444 e. The first kappa shape index (κ1) is 18.3. The standard InChI is InChI=1S/C22H24N4O2/c1-22(2,3)28-21(27)26-15-18-13-19(26)14-25(18)20-12-11-17(23-24-20)10-9-16-7-5-4-6-8-16/h4-8,11-12,18-19H,13-15H2,1-3H3/t18-,19-/m0/s1. The molecule has 0 radical (unpaired) electrons. The van der Waals surface area contributed by atoms with Gasteiger partial charge in [-0.25, -0.2) is 4.79 Å². The summed E-state index contributed by atoms with van der Waals surface area (Å²) in [5, 5.41) is 8.61. The lowest BCUT2D eigenvalue weighted by Crippen LogP contribution is -2.50. The van der Waals surface area contributed by atoms with Crippen LogP contribution in [0, 0.1) is 11.8 Å². The van der Waals surface area contributed by atoms with E-state index >= 15 is 0 Å². The lowest BCUT2D eigenvalue weighted by Gasteiger charge is -2.35. The predicted octanol–water partition coefficient (Wildman–Crippen LogP) is 3.07. The number of hydrogen-bond donors (Lipinski definition) is 0. The molecule has 144 valence electrons. The van der Waals surface area contributed by atoms with E-state index in [0.717, 1.165) is 24.3 Å². The molecule has 2 atom stereocenters. The lowest BCUT2D eigenvalue weighted by molar-refractivity contribution is 0.0214. The van der Waals surface area contributed by atoms with Crippen molar-refractivity contribution in [2.24, 2.45) is 0 Å². The first-order chi connectivity index (χ1) is 13.4. The van der Waals surface area contributed by atoms with Gasteiger partial charge in [0, 0.05) is 18.7 Å². The highest BCUT2D eigenvalue weighted by molar-refractivity contribution is 5.70. The molecule has 1 amide bonds. The predicted molar refractivity (Wildman–Crippen MR) is 107 cm³/mol. The maximum absolute atomic E-state index is 12.4. The summed E-state index contributed by atoms with van der Waals surface area (Å²) in [6.45, 7) is 7.10. The molecule has 6 nitrogen and oxygen atoms in total. The number of benzene rings is 1. The maximum atomic E-state index is 12.4.